The van der Waals surface area contributed by atoms with E-state index in [1.54, 1.807) is 0 Å². The van der Waals surface area contributed by atoms with Gasteiger partial charge in [-0.15, -0.1) is 0 Å². The predicted molar refractivity (Wildman–Crippen MR) is 60.4 cm³/mol. The summed E-state index contributed by atoms with van der Waals surface area (Å²) < 4.78 is 5.31. The Hall–Kier alpha value is -0.900. The van der Waals surface area contributed by atoms with Gasteiger partial charge < -0.3 is 15.8 Å². The first-order valence-electron chi connectivity index (χ1n) is 5.44. The molecule has 2 unspecified atom stereocenters. The van der Waals surface area contributed by atoms with E-state index >= 15 is 0 Å². The first-order chi connectivity index (χ1) is 7.36. The van der Waals surface area contributed by atoms with Crippen LogP contribution in [-0.2, 0) is 11.3 Å². The lowest BCUT2D eigenvalue weighted by Crippen LogP contribution is -2.35. The van der Waals surface area contributed by atoms with Gasteiger partial charge in [0, 0.05) is 25.0 Å². The molecular formula is C12H18N2O. The summed E-state index contributed by atoms with van der Waals surface area (Å²) in [6.07, 6.45) is 0. The molecule has 0 radical (unpaired) electrons. The molecule has 1 aliphatic heterocycles. The Labute approximate surface area is 90.6 Å². The van der Waals surface area contributed by atoms with Crippen LogP contribution in [0.3, 0.4) is 0 Å². The highest BCUT2D eigenvalue weighted by Gasteiger charge is 2.23. The molecule has 0 saturated carbocycles. The number of hydrogen-bond donors (Lipinski definition) is 2. The molecule has 3 heteroatoms. The van der Waals surface area contributed by atoms with Crippen molar-refractivity contribution in [1.29, 1.82) is 0 Å². The SMILES string of the molecule is NC1COCC1CNCc1ccccc1. The molecule has 0 bridgehead atoms. The molecule has 2 rings (SSSR count). The molecule has 0 spiro atoms. The quantitative estimate of drug-likeness (QED) is 0.764. The highest BCUT2D eigenvalue weighted by Crippen LogP contribution is 2.10. The van der Waals surface area contributed by atoms with Gasteiger partial charge in [0.15, 0.2) is 0 Å². The van der Waals surface area contributed by atoms with Crippen molar-refractivity contribution in [3.8, 4) is 0 Å². The zero-order valence-corrected chi connectivity index (χ0v) is 8.86. The summed E-state index contributed by atoms with van der Waals surface area (Å²) in [6.45, 7) is 3.35. The van der Waals surface area contributed by atoms with Gasteiger partial charge in [-0.3, -0.25) is 0 Å². The Morgan fingerprint density at radius 3 is 2.73 bits per heavy atom. The zero-order chi connectivity index (χ0) is 10.5. The number of nitrogens with one attached hydrogen (secondary N) is 1. The Morgan fingerprint density at radius 2 is 2.07 bits per heavy atom. The lowest BCUT2D eigenvalue weighted by Gasteiger charge is -2.13. The molecule has 2 atom stereocenters. The summed E-state index contributed by atoms with van der Waals surface area (Å²) in [5, 5.41) is 3.41. The molecule has 3 nitrogen and oxygen atoms in total. The lowest BCUT2D eigenvalue weighted by atomic mass is 10.1. The van der Waals surface area contributed by atoms with Crippen LogP contribution in [-0.4, -0.2) is 25.8 Å². The van der Waals surface area contributed by atoms with Crippen molar-refractivity contribution in [3.05, 3.63) is 35.9 Å². The second-order valence-corrected chi connectivity index (χ2v) is 4.08. The van der Waals surface area contributed by atoms with E-state index in [1.165, 1.54) is 5.56 Å². The van der Waals surface area contributed by atoms with Gasteiger partial charge in [0.1, 0.15) is 0 Å². The van der Waals surface area contributed by atoms with E-state index in [2.05, 4.69) is 29.6 Å². The van der Waals surface area contributed by atoms with Crippen LogP contribution in [0, 0.1) is 5.92 Å². The van der Waals surface area contributed by atoms with Gasteiger partial charge in [-0.05, 0) is 5.56 Å². The van der Waals surface area contributed by atoms with Crippen molar-refractivity contribution < 1.29 is 4.74 Å². The monoisotopic (exact) mass is 206 g/mol. The minimum atomic E-state index is 0.202. The summed E-state index contributed by atoms with van der Waals surface area (Å²) in [7, 11) is 0. The fourth-order valence-corrected chi connectivity index (χ4v) is 1.82. The van der Waals surface area contributed by atoms with E-state index in [-0.39, 0.29) is 6.04 Å². The Kier molecular flexibility index (Phi) is 3.72. The molecule has 0 aromatic heterocycles. The maximum absolute atomic E-state index is 5.89. The third kappa shape index (κ3) is 3.02. The van der Waals surface area contributed by atoms with Gasteiger partial charge in [0.2, 0.25) is 0 Å². The van der Waals surface area contributed by atoms with Crippen LogP contribution in [0.25, 0.3) is 0 Å². The average Bonchev–Trinajstić information content (AvgIpc) is 2.66. The number of rotatable bonds is 4. The number of benzene rings is 1. The topological polar surface area (TPSA) is 47.3 Å². The molecule has 1 fully saturated rings. The van der Waals surface area contributed by atoms with E-state index in [1.807, 2.05) is 6.07 Å². The predicted octanol–water partition coefficient (Wildman–Crippen LogP) is 0.750. The smallest absolute Gasteiger partial charge is 0.0621 e. The standard InChI is InChI=1S/C12H18N2O/c13-12-9-15-8-11(12)7-14-6-10-4-2-1-3-5-10/h1-5,11-12,14H,6-9,13H2. The van der Waals surface area contributed by atoms with Crippen LogP contribution in [0.15, 0.2) is 30.3 Å². The van der Waals surface area contributed by atoms with Gasteiger partial charge in [0.05, 0.1) is 13.2 Å². The molecular weight excluding hydrogens is 188 g/mol. The fourth-order valence-electron chi connectivity index (χ4n) is 1.82. The lowest BCUT2D eigenvalue weighted by molar-refractivity contribution is 0.184. The molecule has 82 valence electrons. The van der Waals surface area contributed by atoms with Crippen molar-refractivity contribution in [2.24, 2.45) is 11.7 Å². The largest absolute Gasteiger partial charge is 0.379 e. The van der Waals surface area contributed by atoms with Crippen molar-refractivity contribution in [1.82, 2.24) is 5.32 Å². The van der Waals surface area contributed by atoms with Gasteiger partial charge in [-0.25, -0.2) is 0 Å². The Balaban J connectivity index is 1.71. The zero-order valence-electron chi connectivity index (χ0n) is 8.86. The highest BCUT2D eigenvalue weighted by atomic mass is 16.5. The van der Waals surface area contributed by atoms with Crippen molar-refractivity contribution >= 4 is 0 Å². The number of hydrogen-bond acceptors (Lipinski definition) is 3. The summed E-state index contributed by atoms with van der Waals surface area (Å²) in [5.74, 6) is 0.466. The van der Waals surface area contributed by atoms with Crippen LogP contribution in [0.4, 0.5) is 0 Å². The second kappa shape index (κ2) is 5.26. The van der Waals surface area contributed by atoms with Crippen LogP contribution in [0.5, 0.6) is 0 Å². The van der Waals surface area contributed by atoms with Gasteiger partial charge in [0.25, 0.3) is 0 Å². The second-order valence-electron chi connectivity index (χ2n) is 4.08. The van der Waals surface area contributed by atoms with Gasteiger partial charge >= 0.3 is 0 Å². The molecule has 0 aliphatic carbocycles. The number of ether oxygens (including phenoxy) is 1. The van der Waals surface area contributed by atoms with Crippen molar-refractivity contribution in [3.63, 3.8) is 0 Å². The van der Waals surface area contributed by atoms with Crippen LogP contribution in [0.2, 0.25) is 0 Å². The van der Waals surface area contributed by atoms with Crippen molar-refractivity contribution in [2.45, 2.75) is 12.6 Å². The van der Waals surface area contributed by atoms with Crippen LogP contribution < -0.4 is 11.1 Å². The van der Waals surface area contributed by atoms with Crippen LogP contribution in [0.1, 0.15) is 5.56 Å². The Morgan fingerprint density at radius 1 is 1.27 bits per heavy atom. The van der Waals surface area contributed by atoms with E-state index in [9.17, 15) is 0 Å². The summed E-state index contributed by atoms with van der Waals surface area (Å²) in [5.41, 5.74) is 7.20. The van der Waals surface area contributed by atoms with E-state index in [0.717, 1.165) is 19.7 Å². The molecule has 1 heterocycles. The number of nitrogens with two attached hydrogens (primary N) is 1. The van der Waals surface area contributed by atoms with Crippen LogP contribution >= 0.6 is 0 Å². The highest BCUT2D eigenvalue weighted by molar-refractivity contribution is 5.14. The van der Waals surface area contributed by atoms with E-state index < -0.39 is 0 Å². The molecule has 3 N–H and O–H groups in total. The summed E-state index contributed by atoms with van der Waals surface area (Å²) >= 11 is 0. The van der Waals surface area contributed by atoms with Gasteiger partial charge in [-0.2, -0.15) is 0 Å². The maximum Gasteiger partial charge on any atom is 0.0621 e. The molecule has 15 heavy (non-hydrogen) atoms. The molecule has 1 aromatic rings. The first kappa shape index (κ1) is 10.6. The molecule has 1 saturated heterocycles. The Bertz CT molecular complexity index is 289. The summed E-state index contributed by atoms with van der Waals surface area (Å²) in [4.78, 5) is 0. The van der Waals surface area contributed by atoms with E-state index in [4.69, 9.17) is 10.5 Å². The third-order valence-electron chi connectivity index (χ3n) is 2.83. The first-order valence-corrected chi connectivity index (χ1v) is 5.44. The fraction of sp³-hybridized carbons (Fsp3) is 0.500. The average molecular weight is 206 g/mol. The normalized spacial score (nSPS) is 25.7. The molecule has 1 aromatic carbocycles. The minimum Gasteiger partial charge on any atom is -0.379 e. The summed E-state index contributed by atoms with van der Waals surface area (Å²) in [6, 6.07) is 10.6. The minimum absolute atomic E-state index is 0.202. The molecule has 0 amide bonds. The third-order valence-corrected chi connectivity index (χ3v) is 2.83. The maximum atomic E-state index is 5.89. The van der Waals surface area contributed by atoms with Gasteiger partial charge in [-0.1, -0.05) is 30.3 Å². The van der Waals surface area contributed by atoms with Crippen molar-refractivity contribution in [2.75, 3.05) is 19.8 Å². The van der Waals surface area contributed by atoms with E-state index in [0.29, 0.717) is 12.5 Å². The molecule has 1 aliphatic rings.